The van der Waals surface area contributed by atoms with E-state index in [0.29, 0.717) is 11.1 Å². The van der Waals surface area contributed by atoms with Crippen LogP contribution in [0.3, 0.4) is 0 Å². The summed E-state index contributed by atoms with van der Waals surface area (Å²) in [5, 5.41) is 0. The van der Waals surface area contributed by atoms with Crippen LogP contribution in [0.1, 0.15) is 33.4 Å². The zero-order chi connectivity index (χ0) is 50.9. The molecule has 10 atom stereocenters. The van der Waals surface area contributed by atoms with E-state index < -0.39 is 83.6 Å². The van der Waals surface area contributed by atoms with Gasteiger partial charge in [-0.1, -0.05) is 182 Å². The van der Waals surface area contributed by atoms with E-state index in [4.69, 9.17) is 51.6 Å². The standard InChI is InChI=1S/C56H59F3O13S/c1-62-54-52(67-36-44-28-16-6-17-29-44)50(65-34-42-24-12-4-13-25-42)48(46(69-54)38-63-32-40-20-8-2-9-21-40)71-55-53(68-37-45-30-18-7-19-31-45)51(66-35-43-26-14-5-15-27-43)49(72-73(60,61)56(57,58)59)47(70-55)39-64-33-41-22-10-3-11-23-41/h2-31,46-55H,32-39H2,1H3/t46-,47-,48-,49+,50+,51+,52-,53-,54+,55+/m1/s1. The van der Waals surface area contributed by atoms with E-state index in [9.17, 15) is 21.6 Å². The Labute approximate surface area is 424 Å². The van der Waals surface area contributed by atoms with Gasteiger partial charge in [0, 0.05) is 7.11 Å². The van der Waals surface area contributed by atoms with Crippen molar-refractivity contribution in [2.75, 3.05) is 20.3 Å². The highest BCUT2D eigenvalue weighted by atomic mass is 32.2. The molecule has 2 aliphatic heterocycles. The molecule has 0 radical (unpaired) electrons. The molecule has 0 saturated carbocycles. The molecule has 13 nitrogen and oxygen atoms in total. The van der Waals surface area contributed by atoms with Crippen LogP contribution in [0.25, 0.3) is 0 Å². The lowest BCUT2D eigenvalue weighted by molar-refractivity contribution is -0.372. The van der Waals surface area contributed by atoms with Crippen molar-refractivity contribution in [3.63, 3.8) is 0 Å². The molecular formula is C56H59F3O13S. The van der Waals surface area contributed by atoms with Gasteiger partial charge in [0.1, 0.15) is 48.8 Å². The zero-order valence-electron chi connectivity index (χ0n) is 40.1. The van der Waals surface area contributed by atoms with Crippen molar-refractivity contribution in [1.82, 2.24) is 0 Å². The quantitative estimate of drug-likeness (QED) is 0.0398. The minimum atomic E-state index is -6.29. The van der Waals surface area contributed by atoms with E-state index in [1.54, 1.807) is 78.9 Å². The van der Waals surface area contributed by atoms with Crippen molar-refractivity contribution in [1.29, 1.82) is 0 Å². The van der Waals surface area contributed by atoms with Crippen LogP contribution in [0.2, 0.25) is 0 Å². The Hall–Kier alpha value is -5.38. The summed E-state index contributed by atoms with van der Waals surface area (Å²) in [6, 6.07) is 55.4. The average Bonchev–Trinajstić information content (AvgIpc) is 3.41. The van der Waals surface area contributed by atoms with E-state index in [2.05, 4.69) is 0 Å². The number of hydrogen-bond donors (Lipinski definition) is 0. The molecule has 0 bridgehead atoms. The summed E-state index contributed by atoms with van der Waals surface area (Å²) in [4.78, 5) is 0. The minimum Gasteiger partial charge on any atom is -0.374 e. The Bertz CT molecular complexity index is 2610. The molecule has 8 rings (SSSR count). The van der Waals surface area contributed by atoms with Gasteiger partial charge in [0.2, 0.25) is 0 Å². The van der Waals surface area contributed by atoms with Crippen LogP contribution in [0.4, 0.5) is 13.2 Å². The normalized spacial score (nSPS) is 24.5. The summed E-state index contributed by atoms with van der Waals surface area (Å²) in [5.74, 6) is 0. The molecule has 388 valence electrons. The first-order valence-corrected chi connectivity index (χ1v) is 25.3. The Morgan fingerprint density at radius 3 is 1.07 bits per heavy atom. The summed E-state index contributed by atoms with van der Waals surface area (Å²) in [7, 11) is -4.80. The molecule has 0 unspecified atom stereocenters. The predicted octanol–water partition coefficient (Wildman–Crippen LogP) is 9.48. The molecule has 2 saturated heterocycles. The van der Waals surface area contributed by atoms with Crippen molar-refractivity contribution < 1.29 is 73.1 Å². The molecule has 2 heterocycles. The van der Waals surface area contributed by atoms with Crippen molar-refractivity contribution in [2.45, 2.75) is 107 Å². The number of methoxy groups -OCH3 is 1. The number of rotatable bonds is 25. The van der Waals surface area contributed by atoms with Crippen molar-refractivity contribution in [2.24, 2.45) is 0 Å². The second-order valence-electron chi connectivity index (χ2n) is 17.4. The number of benzene rings is 6. The number of ether oxygens (including phenoxy) is 10. The highest BCUT2D eigenvalue weighted by Crippen LogP contribution is 2.38. The smallest absolute Gasteiger partial charge is 0.374 e. The topological polar surface area (TPSA) is 136 Å². The lowest BCUT2D eigenvalue weighted by Gasteiger charge is -2.50. The van der Waals surface area contributed by atoms with Gasteiger partial charge in [-0.05, 0) is 33.4 Å². The lowest BCUT2D eigenvalue weighted by atomic mass is 9.96. The van der Waals surface area contributed by atoms with Gasteiger partial charge in [-0.2, -0.15) is 21.6 Å². The predicted molar refractivity (Wildman–Crippen MR) is 261 cm³/mol. The van der Waals surface area contributed by atoms with Crippen LogP contribution >= 0.6 is 0 Å². The highest BCUT2D eigenvalue weighted by molar-refractivity contribution is 7.87. The third-order valence-corrected chi connectivity index (χ3v) is 13.2. The average molecular weight is 1030 g/mol. The Kier molecular flexibility index (Phi) is 19.7. The van der Waals surface area contributed by atoms with E-state index in [0.717, 1.165) is 22.3 Å². The summed E-state index contributed by atoms with van der Waals surface area (Å²) >= 11 is 0. The van der Waals surface area contributed by atoms with Gasteiger partial charge in [0.25, 0.3) is 0 Å². The highest BCUT2D eigenvalue weighted by Gasteiger charge is 2.58. The minimum absolute atomic E-state index is 0.0139. The summed E-state index contributed by atoms with van der Waals surface area (Å²) in [6.45, 7) is -0.520. The first kappa shape index (κ1) is 53.9. The summed E-state index contributed by atoms with van der Waals surface area (Å²) in [5.41, 5.74) is -1.22. The number of halogens is 3. The molecule has 0 spiro atoms. The molecule has 17 heteroatoms. The molecule has 2 fully saturated rings. The van der Waals surface area contributed by atoms with E-state index in [1.165, 1.54) is 7.11 Å². The third kappa shape index (κ3) is 15.4. The summed E-state index contributed by atoms with van der Waals surface area (Å²) in [6.07, 6.45) is -13.4. The van der Waals surface area contributed by atoms with Crippen LogP contribution in [0.5, 0.6) is 0 Å². The van der Waals surface area contributed by atoms with Gasteiger partial charge in [-0.25, -0.2) is 0 Å². The maximum Gasteiger partial charge on any atom is 0.523 e. The number of alkyl halides is 3. The molecule has 73 heavy (non-hydrogen) atoms. The van der Waals surface area contributed by atoms with Gasteiger partial charge in [-0.3, -0.25) is 4.18 Å². The molecule has 0 N–H and O–H groups in total. The Morgan fingerprint density at radius 2 is 0.712 bits per heavy atom. The van der Waals surface area contributed by atoms with Gasteiger partial charge in [-0.15, -0.1) is 0 Å². The van der Waals surface area contributed by atoms with Crippen LogP contribution < -0.4 is 0 Å². The molecule has 0 aliphatic carbocycles. The largest absolute Gasteiger partial charge is 0.523 e. The van der Waals surface area contributed by atoms with Crippen LogP contribution in [0, 0.1) is 0 Å². The number of hydrogen-bond acceptors (Lipinski definition) is 13. The van der Waals surface area contributed by atoms with Gasteiger partial charge in [0.05, 0.1) is 52.9 Å². The molecule has 0 amide bonds. The van der Waals surface area contributed by atoms with E-state index in [-0.39, 0.29) is 46.2 Å². The molecule has 6 aromatic rings. The maximum atomic E-state index is 14.4. The van der Waals surface area contributed by atoms with Crippen molar-refractivity contribution in [3.05, 3.63) is 215 Å². The van der Waals surface area contributed by atoms with E-state index in [1.807, 2.05) is 103 Å². The molecule has 6 aromatic carbocycles. The SMILES string of the molecule is CO[C@H]1O[C@H](COCc2ccccc2)[C@@H](O[C@@H]2O[C@H](COCc3ccccc3)[C@H](OS(=O)(=O)C(F)(F)F)[C@H](OCc3ccccc3)[C@H]2OCc2ccccc2)[C@H](OCc2ccccc2)[C@H]1OCc1ccccc1. The fraction of sp³-hybridized carbons (Fsp3) is 0.357. The van der Waals surface area contributed by atoms with Gasteiger partial charge < -0.3 is 47.4 Å². The van der Waals surface area contributed by atoms with Crippen molar-refractivity contribution in [3.8, 4) is 0 Å². The maximum absolute atomic E-state index is 14.4. The fourth-order valence-electron chi connectivity index (χ4n) is 8.49. The lowest BCUT2D eigenvalue weighted by Crippen LogP contribution is -2.66. The van der Waals surface area contributed by atoms with Crippen LogP contribution in [-0.2, 0) is 101 Å². The van der Waals surface area contributed by atoms with Crippen LogP contribution in [-0.4, -0.2) is 95.7 Å². The zero-order valence-corrected chi connectivity index (χ0v) is 40.9. The van der Waals surface area contributed by atoms with Crippen molar-refractivity contribution >= 4 is 10.1 Å². The molecule has 0 aromatic heterocycles. The fourth-order valence-corrected chi connectivity index (χ4v) is 9.13. The monoisotopic (exact) mass is 1030 g/mol. The summed E-state index contributed by atoms with van der Waals surface area (Å²) < 4.78 is 141. The Balaban J connectivity index is 1.22. The van der Waals surface area contributed by atoms with Gasteiger partial charge in [0.15, 0.2) is 12.6 Å². The Morgan fingerprint density at radius 1 is 0.411 bits per heavy atom. The van der Waals surface area contributed by atoms with Gasteiger partial charge >= 0.3 is 15.6 Å². The second kappa shape index (κ2) is 26.7. The third-order valence-electron chi connectivity index (χ3n) is 12.2. The van der Waals surface area contributed by atoms with E-state index >= 15 is 0 Å². The first-order valence-electron chi connectivity index (χ1n) is 23.9. The molecule has 2 aliphatic rings. The first-order chi connectivity index (χ1) is 35.5. The second-order valence-corrected chi connectivity index (χ2v) is 19.0. The molecular weight excluding hydrogens is 970 g/mol. The van der Waals surface area contributed by atoms with Crippen LogP contribution in [0.15, 0.2) is 182 Å².